The number of methoxy groups -OCH3 is 1. The Hall–Kier alpha value is -3.40. The summed E-state index contributed by atoms with van der Waals surface area (Å²) in [6, 6.07) is 9.95. The standard InChI is InChI=1S/C25H20Cl2N2O6S/c1-4-35-24(33)22-12(2)28-25(36-22)29-19(14-7-10-16(26)17(27)11-14)18(21(31)23(29)32)20(30)13-5-8-15(34-3)9-6-13/h5-11,19,30H,4H2,1-3H3/b20-18+. The normalized spacial score (nSPS) is 16.9. The van der Waals surface area contributed by atoms with Crippen molar-refractivity contribution in [1.29, 1.82) is 0 Å². The lowest BCUT2D eigenvalue weighted by Crippen LogP contribution is -2.29. The van der Waals surface area contributed by atoms with Gasteiger partial charge in [-0.3, -0.25) is 14.5 Å². The summed E-state index contributed by atoms with van der Waals surface area (Å²) in [7, 11) is 1.51. The third-order valence-corrected chi connectivity index (χ3v) is 7.40. The number of anilines is 1. The van der Waals surface area contributed by atoms with E-state index in [2.05, 4.69) is 4.98 Å². The van der Waals surface area contributed by atoms with E-state index in [4.69, 9.17) is 32.7 Å². The van der Waals surface area contributed by atoms with Crippen LogP contribution in [0.5, 0.6) is 5.75 Å². The minimum Gasteiger partial charge on any atom is -0.507 e. The van der Waals surface area contributed by atoms with Crippen LogP contribution in [0.15, 0.2) is 48.0 Å². The Kier molecular flexibility index (Phi) is 7.35. The molecule has 0 spiro atoms. The summed E-state index contributed by atoms with van der Waals surface area (Å²) >= 11 is 13.3. The van der Waals surface area contributed by atoms with Gasteiger partial charge in [-0.05, 0) is 55.8 Å². The number of aryl methyl sites for hydroxylation is 1. The molecule has 1 saturated heterocycles. The van der Waals surface area contributed by atoms with Gasteiger partial charge in [-0.1, -0.05) is 40.6 Å². The number of rotatable bonds is 6. The number of esters is 1. The first kappa shape index (κ1) is 25.7. The van der Waals surface area contributed by atoms with E-state index in [0.29, 0.717) is 22.6 Å². The van der Waals surface area contributed by atoms with E-state index in [-0.39, 0.29) is 38.0 Å². The summed E-state index contributed by atoms with van der Waals surface area (Å²) in [5, 5.41) is 11.8. The molecule has 2 heterocycles. The smallest absolute Gasteiger partial charge is 0.350 e. The molecule has 8 nitrogen and oxygen atoms in total. The lowest BCUT2D eigenvalue weighted by atomic mass is 9.95. The number of hydrogen-bond acceptors (Lipinski definition) is 8. The van der Waals surface area contributed by atoms with Crippen molar-refractivity contribution in [2.24, 2.45) is 0 Å². The molecule has 186 valence electrons. The molecule has 1 unspecified atom stereocenters. The van der Waals surface area contributed by atoms with Crippen LogP contribution >= 0.6 is 34.5 Å². The van der Waals surface area contributed by atoms with Crippen molar-refractivity contribution < 1.29 is 29.0 Å². The van der Waals surface area contributed by atoms with Gasteiger partial charge in [0.1, 0.15) is 16.4 Å². The van der Waals surface area contributed by atoms with Crippen molar-refractivity contribution in [3.63, 3.8) is 0 Å². The highest BCUT2D eigenvalue weighted by atomic mass is 35.5. The number of aliphatic hydroxyl groups is 1. The third kappa shape index (κ3) is 4.57. The lowest BCUT2D eigenvalue weighted by Gasteiger charge is -2.23. The fraction of sp³-hybridized carbons (Fsp3) is 0.200. The van der Waals surface area contributed by atoms with Gasteiger partial charge in [-0.25, -0.2) is 9.78 Å². The highest BCUT2D eigenvalue weighted by Gasteiger charge is 2.48. The molecule has 4 rings (SSSR count). The molecule has 1 aliphatic rings. The lowest BCUT2D eigenvalue weighted by molar-refractivity contribution is -0.132. The van der Waals surface area contributed by atoms with Gasteiger partial charge in [0, 0.05) is 5.56 Å². The van der Waals surface area contributed by atoms with E-state index >= 15 is 0 Å². The first-order valence-electron chi connectivity index (χ1n) is 10.7. The molecular formula is C25H20Cl2N2O6S. The third-order valence-electron chi connectivity index (χ3n) is 5.52. The molecule has 11 heteroatoms. The number of Topliss-reactive ketones (excluding diaryl/α,β-unsaturated/α-hetero) is 1. The fourth-order valence-electron chi connectivity index (χ4n) is 3.80. The van der Waals surface area contributed by atoms with E-state index in [1.54, 1.807) is 44.2 Å². The largest absolute Gasteiger partial charge is 0.507 e. The molecule has 1 fully saturated rings. The molecule has 1 aliphatic heterocycles. The fourth-order valence-corrected chi connectivity index (χ4v) is 5.10. The second kappa shape index (κ2) is 10.3. The van der Waals surface area contributed by atoms with Gasteiger partial charge in [0.15, 0.2) is 5.13 Å². The van der Waals surface area contributed by atoms with Crippen LogP contribution in [-0.2, 0) is 14.3 Å². The van der Waals surface area contributed by atoms with Crippen LogP contribution in [0.25, 0.3) is 5.76 Å². The molecule has 2 aromatic carbocycles. The van der Waals surface area contributed by atoms with Crippen molar-refractivity contribution in [3.8, 4) is 5.75 Å². The SMILES string of the molecule is CCOC(=O)c1sc(N2C(=O)C(=O)/C(=C(/O)c3ccc(OC)cc3)C2c2ccc(Cl)c(Cl)c2)nc1C. The van der Waals surface area contributed by atoms with E-state index < -0.39 is 23.7 Å². The zero-order valence-electron chi connectivity index (χ0n) is 19.4. The maximum atomic E-state index is 13.3. The number of ketones is 1. The molecule has 1 aromatic heterocycles. The second-order valence-electron chi connectivity index (χ2n) is 7.70. The van der Waals surface area contributed by atoms with E-state index in [1.807, 2.05) is 0 Å². The number of halogens is 2. The molecule has 0 aliphatic carbocycles. The quantitative estimate of drug-likeness (QED) is 0.186. The molecule has 1 amide bonds. The van der Waals surface area contributed by atoms with Crippen molar-refractivity contribution in [2.45, 2.75) is 19.9 Å². The maximum absolute atomic E-state index is 13.3. The summed E-state index contributed by atoms with van der Waals surface area (Å²) in [6.45, 7) is 3.45. The number of carbonyl (C=O) groups is 3. The summed E-state index contributed by atoms with van der Waals surface area (Å²) in [6.07, 6.45) is 0. The van der Waals surface area contributed by atoms with Crippen molar-refractivity contribution in [2.75, 3.05) is 18.6 Å². The highest BCUT2D eigenvalue weighted by molar-refractivity contribution is 7.17. The molecule has 1 N–H and O–H groups in total. The molecule has 0 bridgehead atoms. The topological polar surface area (TPSA) is 106 Å². The summed E-state index contributed by atoms with van der Waals surface area (Å²) < 4.78 is 10.2. The number of aromatic nitrogens is 1. The monoisotopic (exact) mass is 546 g/mol. The number of ether oxygens (including phenoxy) is 2. The first-order valence-corrected chi connectivity index (χ1v) is 12.3. The molecule has 36 heavy (non-hydrogen) atoms. The number of hydrogen-bond donors (Lipinski definition) is 1. The van der Waals surface area contributed by atoms with Crippen LogP contribution in [-0.4, -0.2) is 41.5 Å². The molecule has 0 radical (unpaired) electrons. The van der Waals surface area contributed by atoms with Crippen LogP contribution in [0.4, 0.5) is 5.13 Å². The molecular weight excluding hydrogens is 527 g/mol. The predicted molar refractivity (Wildman–Crippen MR) is 137 cm³/mol. The van der Waals surface area contributed by atoms with Gasteiger partial charge in [0.2, 0.25) is 0 Å². The van der Waals surface area contributed by atoms with Gasteiger partial charge in [-0.2, -0.15) is 0 Å². The van der Waals surface area contributed by atoms with Gasteiger partial charge in [0.05, 0.1) is 41.1 Å². The Morgan fingerprint density at radius 3 is 2.44 bits per heavy atom. The van der Waals surface area contributed by atoms with E-state index in [9.17, 15) is 19.5 Å². The summed E-state index contributed by atoms with van der Waals surface area (Å²) in [5.74, 6) is -2.24. The zero-order chi connectivity index (χ0) is 26.1. The van der Waals surface area contributed by atoms with Crippen molar-refractivity contribution in [3.05, 3.63) is 79.8 Å². The molecule has 3 aromatic rings. The number of amides is 1. The Morgan fingerprint density at radius 2 is 1.83 bits per heavy atom. The summed E-state index contributed by atoms with van der Waals surface area (Å²) in [5.41, 5.74) is 0.915. The first-order chi connectivity index (χ1) is 17.2. The average molecular weight is 547 g/mol. The van der Waals surface area contributed by atoms with Gasteiger partial charge in [0.25, 0.3) is 5.78 Å². The van der Waals surface area contributed by atoms with Gasteiger partial charge < -0.3 is 14.6 Å². The Labute approximate surface area is 220 Å². The minimum absolute atomic E-state index is 0.0995. The number of benzene rings is 2. The van der Waals surface area contributed by atoms with Crippen LogP contribution in [0.3, 0.4) is 0 Å². The zero-order valence-corrected chi connectivity index (χ0v) is 21.7. The van der Waals surface area contributed by atoms with Crippen LogP contribution in [0.1, 0.15) is 39.5 Å². The van der Waals surface area contributed by atoms with Crippen molar-refractivity contribution >= 4 is 63.1 Å². The molecule has 0 saturated carbocycles. The highest BCUT2D eigenvalue weighted by Crippen LogP contribution is 2.45. The second-order valence-corrected chi connectivity index (χ2v) is 9.49. The predicted octanol–water partition coefficient (Wildman–Crippen LogP) is 5.57. The Bertz CT molecular complexity index is 1400. The van der Waals surface area contributed by atoms with Crippen LogP contribution in [0.2, 0.25) is 10.0 Å². The molecule has 1 atom stereocenters. The number of carbonyl (C=O) groups excluding carboxylic acids is 3. The van der Waals surface area contributed by atoms with Crippen LogP contribution < -0.4 is 9.64 Å². The number of nitrogens with zero attached hydrogens (tertiary/aromatic N) is 2. The van der Waals surface area contributed by atoms with Crippen molar-refractivity contribution in [1.82, 2.24) is 4.98 Å². The average Bonchev–Trinajstić information content (AvgIpc) is 3.37. The number of thiazole rings is 1. The Morgan fingerprint density at radius 1 is 1.14 bits per heavy atom. The number of aliphatic hydroxyl groups excluding tert-OH is 1. The Balaban J connectivity index is 1.92. The maximum Gasteiger partial charge on any atom is 0.350 e. The summed E-state index contributed by atoms with van der Waals surface area (Å²) in [4.78, 5) is 44.7. The van der Waals surface area contributed by atoms with E-state index in [0.717, 1.165) is 16.2 Å². The van der Waals surface area contributed by atoms with E-state index in [1.165, 1.54) is 19.2 Å². The van der Waals surface area contributed by atoms with Gasteiger partial charge in [-0.15, -0.1) is 0 Å². The minimum atomic E-state index is -1.08. The van der Waals surface area contributed by atoms with Crippen LogP contribution in [0, 0.1) is 6.92 Å². The van der Waals surface area contributed by atoms with Gasteiger partial charge >= 0.3 is 11.9 Å².